The Labute approximate surface area is 174 Å². The highest BCUT2D eigenvalue weighted by molar-refractivity contribution is 7.91. The second kappa shape index (κ2) is 10.3. The molecule has 0 aliphatic heterocycles. The molecule has 160 valence electrons. The fourth-order valence-corrected chi connectivity index (χ4v) is 2.82. The standard InChI is InChI=1S/C18H21N5O6S/c1-12(27-2)9-10-13-7-5-6-8-14(13)22-30(25,26)23-18(24)21-17-19-15(28-3)11-16(20-17)29-4/h5-8,11-12,22H,1-4H3,(H2,19,20,21,23,24). The molecule has 11 nitrogen and oxygen atoms in total. The first-order chi connectivity index (χ1) is 14.3. The van der Waals surface area contributed by atoms with Gasteiger partial charge in [0.15, 0.2) is 0 Å². The third-order valence-electron chi connectivity index (χ3n) is 3.48. The molecule has 1 aromatic carbocycles. The van der Waals surface area contributed by atoms with E-state index in [2.05, 4.69) is 31.8 Å². The van der Waals surface area contributed by atoms with Crippen LogP contribution in [0, 0.1) is 11.8 Å². The van der Waals surface area contributed by atoms with Crippen LogP contribution in [0.5, 0.6) is 11.8 Å². The number of carbonyl (C=O) groups excluding carboxylic acids is 1. The zero-order chi connectivity index (χ0) is 22.1. The molecule has 1 heterocycles. The molecule has 0 saturated carbocycles. The molecular formula is C18H21N5O6S. The molecule has 2 rings (SSSR count). The normalized spacial score (nSPS) is 11.5. The second-order valence-corrected chi connectivity index (χ2v) is 7.05. The maximum Gasteiger partial charge on any atom is 0.336 e. The first-order valence-electron chi connectivity index (χ1n) is 8.48. The molecule has 0 saturated heterocycles. The van der Waals surface area contributed by atoms with E-state index in [4.69, 9.17) is 14.2 Å². The van der Waals surface area contributed by atoms with Gasteiger partial charge in [0.25, 0.3) is 0 Å². The Balaban J connectivity index is 2.12. The van der Waals surface area contributed by atoms with Crippen LogP contribution >= 0.6 is 0 Å². The van der Waals surface area contributed by atoms with E-state index in [1.165, 1.54) is 33.5 Å². The number of hydrogen-bond acceptors (Lipinski definition) is 8. The van der Waals surface area contributed by atoms with Crippen molar-refractivity contribution >= 4 is 27.9 Å². The summed E-state index contributed by atoms with van der Waals surface area (Å²) < 4.78 is 43.7. The molecule has 0 fully saturated rings. The van der Waals surface area contributed by atoms with Crippen LogP contribution in [0.4, 0.5) is 16.4 Å². The third-order valence-corrected chi connectivity index (χ3v) is 4.43. The third kappa shape index (κ3) is 6.80. The van der Waals surface area contributed by atoms with Crippen LogP contribution < -0.4 is 24.2 Å². The monoisotopic (exact) mass is 435 g/mol. The number of urea groups is 1. The molecular weight excluding hydrogens is 414 g/mol. The Morgan fingerprint density at radius 3 is 2.33 bits per heavy atom. The number of rotatable bonds is 7. The molecule has 1 atom stereocenters. The Bertz CT molecular complexity index is 1040. The molecule has 2 aromatic rings. The highest BCUT2D eigenvalue weighted by atomic mass is 32.2. The highest BCUT2D eigenvalue weighted by Gasteiger charge is 2.17. The summed E-state index contributed by atoms with van der Waals surface area (Å²) in [5.74, 6) is 5.68. The highest BCUT2D eigenvalue weighted by Crippen LogP contribution is 2.18. The summed E-state index contributed by atoms with van der Waals surface area (Å²) in [4.78, 5) is 19.9. The Morgan fingerprint density at radius 2 is 1.73 bits per heavy atom. The van der Waals surface area contributed by atoms with Crippen LogP contribution in [-0.4, -0.2) is 51.9 Å². The van der Waals surface area contributed by atoms with Crippen LogP contribution in [0.1, 0.15) is 12.5 Å². The lowest BCUT2D eigenvalue weighted by atomic mass is 10.2. The van der Waals surface area contributed by atoms with Crippen molar-refractivity contribution < 1.29 is 27.4 Å². The van der Waals surface area contributed by atoms with Crippen molar-refractivity contribution in [3.63, 3.8) is 0 Å². The van der Waals surface area contributed by atoms with Gasteiger partial charge < -0.3 is 14.2 Å². The van der Waals surface area contributed by atoms with Crippen molar-refractivity contribution in [3.8, 4) is 23.6 Å². The summed E-state index contributed by atoms with van der Waals surface area (Å²) in [6, 6.07) is 6.77. The Morgan fingerprint density at radius 1 is 1.10 bits per heavy atom. The predicted molar refractivity (Wildman–Crippen MR) is 110 cm³/mol. The summed E-state index contributed by atoms with van der Waals surface area (Å²) in [7, 11) is -0.0315. The molecule has 30 heavy (non-hydrogen) atoms. The molecule has 0 radical (unpaired) electrons. The van der Waals surface area contributed by atoms with Gasteiger partial charge >= 0.3 is 16.2 Å². The van der Waals surface area contributed by atoms with Gasteiger partial charge in [0.05, 0.1) is 26.0 Å². The molecule has 2 amide bonds. The maximum absolute atomic E-state index is 12.3. The summed E-state index contributed by atoms with van der Waals surface area (Å²) in [5, 5.41) is 2.20. The molecule has 0 aliphatic carbocycles. The van der Waals surface area contributed by atoms with Crippen molar-refractivity contribution in [2.24, 2.45) is 0 Å². The largest absolute Gasteiger partial charge is 0.481 e. The number of aromatic nitrogens is 2. The van der Waals surface area contributed by atoms with Gasteiger partial charge in [-0.2, -0.15) is 18.4 Å². The summed E-state index contributed by atoms with van der Waals surface area (Å²) in [6.07, 6.45) is -0.335. The summed E-state index contributed by atoms with van der Waals surface area (Å²) >= 11 is 0. The van der Waals surface area contributed by atoms with E-state index in [-0.39, 0.29) is 29.5 Å². The van der Waals surface area contributed by atoms with Crippen LogP contribution in [-0.2, 0) is 14.9 Å². The van der Waals surface area contributed by atoms with E-state index in [0.717, 1.165) is 0 Å². The molecule has 12 heteroatoms. The van der Waals surface area contributed by atoms with Gasteiger partial charge in [-0.1, -0.05) is 24.0 Å². The minimum absolute atomic E-state index is 0.121. The van der Waals surface area contributed by atoms with E-state index < -0.39 is 16.2 Å². The number of benzene rings is 1. The van der Waals surface area contributed by atoms with E-state index >= 15 is 0 Å². The first kappa shape index (κ1) is 22.7. The lowest BCUT2D eigenvalue weighted by Crippen LogP contribution is -2.38. The number of para-hydroxylation sites is 1. The molecule has 0 spiro atoms. The van der Waals surface area contributed by atoms with E-state index in [0.29, 0.717) is 5.56 Å². The minimum atomic E-state index is -4.28. The van der Waals surface area contributed by atoms with Crippen molar-refractivity contribution in [2.45, 2.75) is 13.0 Å². The Hall–Kier alpha value is -3.56. The van der Waals surface area contributed by atoms with Crippen LogP contribution in [0.2, 0.25) is 0 Å². The lowest BCUT2D eigenvalue weighted by molar-refractivity contribution is 0.163. The number of ether oxygens (including phenoxy) is 3. The van der Waals surface area contributed by atoms with Crippen molar-refractivity contribution in [1.29, 1.82) is 0 Å². The summed E-state index contributed by atoms with van der Waals surface area (Å²) in [6.45, 7) is 1.75. The first-order valence-corrected chi connectivity index (χ1v) is 9.96. The number of amides is 2. The smallest absolute Gasteiger partial charge is 0.336 e. The van der Waals surface area contributed by atoms with Crippen LogP contribution in [0.15, 0.2) is 30.3 Å². The second-order valence-electron chi connectivity index (χ2n) is 5.63. The maximum atomic E-state index is 12.3. The Kier molecular flexibility index (Phi) is 7.79. The zero-order valence-electron chi connectivity index (χ0n) is 16.7. The molecule has 0 bridgehead atoms. The number of hydrogen-bond donors (Lipinski definition) is 3. The fraction of sp³-hybridized carbons (Fsp3) is 0.278. The fourth-order valence-electron chi connectivity index (χ4n) is 2.01. The number of nitrogens with zero attached hydrogens (tertiary/aromatic N) is 2. The van der Waals surface area contributed by atoms with Crippen molar-refractivity contribution in [2.75, 3.05) is 31.4 Å². The number of anilines is 2. The molecule has 1 aromatic heterocycles. The number of nitrogens with one attached hydrogen (secondary N) is 3. The van der Waals surface area contributed by atoms with Crippen molar-refractivity contribution in [3.05, 3.63) is 35.9 Å². The lowest BCUT2D eigenvalue weighted by Gasteiger charge is -2.12. The average molecular weight is 435 g/mol. The van der Waals surface area contributed by atoms with Crippen LogP contribution in [0.25, 0.3) is 0 Å². The zero-order valence-corrected chi connectivity index (χ0v) is 17.5. The van der Waals surface area contributed by atoms with Gasteiger partial charge in [-0.05, 0) is 19.1 Å². The quantitative estimate of drug-likeness (QED) is 0.554. The topological polar surface area (TPSA) is 141 Å². The molecule has 0 aliphatic rings. The van der Waals surface area contributed by atoms with Gasteiger partial charge in [0.2, 0.25) is 17.7 Å². The van der Waals surface area contributed by atoms with Gasteiger partial charge in [-0.3, -0.25) is 10.0 Å². The van der Waals surface area contributed by atoms with E-state index in [9.17, 15) is 13.2 Å². The van der Waals surface area contributed by atoms with E-state index in [1.807, 2.05) is 4.72 Å². The molecule has 1 unspecified atom stereocenters. The SMILES string of the molecule is COc1cc(OC)nc(NC(=O)NS(=O)(=O)Nc2ccccc2C#CC(C)OC)n1. The molecule has 3 N–H and O–H groups in total. The summed E-state index contributed by atoms with van der Waals surface area (Å²) in [5.41, 5.74) is 0.598. The van der Waals surface area contributed by atoms with Crippen molar-refractivity contribution in [1.82, 2.24) is 14.7 Å². The average Bonchev–Trinajstić information content (AvgIpc) is 2.71. The number of methoxy groups -OCH3 is 3. The van der Waals surface area contributed by atoms with Crippen LogP contribution in [0.3, 0.4) is 0 Å². The van der Waals surface area contributed by atoms with Gasteiger partial charge in [0, 0.05) is 12.7 Å². The van der Waals surface area contributed by atoms with Gasteiger partial charge in [-0.15, -0.1) is 0 Å². The van der Waals surface area contributed by atoms with Gasteiger partial charge in [0.1, 0.15) is 6.10 Å². The van der Waals surface area contributed by atoms with E-state index in [1.54, 1.807) is 25.1 Å². The predicted octanol–water partition coefficient (Wildman–Crippen LogP) is 1.36. The minimum Gasteiger partial charge on any atom is -0.481 e. The van der Waals surface area contributed by atoms with Gasteiger partial charge in [-0.25, -0.2) is 9.52 Å². The number of carbonyl (C=O) groups is 1.